The number of nitrogens with zero attached hydrogens (tertiary/aromatic N) is 1. The molecule has 0 aliphatic carbocycles. The van der Waals surface area contributed by atoms with Crippen molar-refractivity contribution < 1.29 is 14.2 Å². The van der Waals surface area contributed by atoms with Gasteiger partial charge in [0.25, 0.3) is 0 Å². The van der Waals surface area contributed by atoms with Gasteiger partial charge in [-0.2, -0.15) is 5.26 Å². The van der Waals surface area contributed by atoms with Crippen LogP contribution in [-0.4, -0.2) is 26.9 Å². The Balaban J connectivity index is 2.50. The molecule has 1 aromatic carbocycles. The molecule has 4 nitrogen and oxygen atoms in total. The molecule has 0 bridgehead atoms. The summed E-state index contributed by atoms with van der Waals surface area (Å²) in [5.74, 6) is 1.20. The second-order valence-electron chi connectivity index (χ2n) is 3.44. The van der Waals surface area contributed by atoms with Crippen LogP contribution >= 0.6 is 0 Å². The lowest BCUT2D eigenvalue weighted by Gasteiger charge is -2.10. The molecule has 17 heavy (non-hydrogen) atoms. The van der Waals surface area contributed by atoms with Gasteiger partial charge in [0.1, 0.15) is 6.61 Å². The van der Waals surface area contributed by atoms with Gasteiger partial charge in [0.15, 0.2) is 11.5 Å². The van der Waals surface area contributed by atoms with E-state index in [2.05, 4.69) is 13.0 Å². The van der Waals surface area contributed by atoms with Crippen LogP contribution in [0.15, 0.2) is 18.2 Å². The van der Waals surface area contributed by atoms with Gasteiger partial charge >= 0.3 is 0 Å². The van der Waals surface area contributed by atoms with Crippen molar-refractivity contribution in [1.82, 2.24) is 0 Å². The molecular weight excluding hydrogens is 218 g/mol. The lowest BCUT2D eigenvalue weighted by Crippen LogP contribution is -2.07. The smallest absolute Gasteiger partial charge is 0.162 e. The molecule has 0 aliphatic heterocycles. The van der Waals surface area contributed by atoms with Crippen molar-refractivity contribution in [3.8, 4) is 17.6 Å². The summed E-state index contributed by atoms with van der Waals surface area (Å²) in [4.78, 5) is 0. The third kappa shape index (κ3) is 4.33. The fourth-order valence-electron chi connectivity index (χ4n) is 1.31. The van der Waals surface area contributed by atoms with E-state index in [1.165, 1.54) is 0 Å². The Morgan fingerprint density at radius 1 is 1.18 bits per heavy atom. The Morgan fingerprint density at radius 3 is 2.65 bits per heavy atom. The van der Waals surface area contributed by atoms with Gasteiger partial charge in [-0.05, 0) is 18.6 Å². The molecule has 0 N–H and O–H groups in total. The van der Waals surface area contributed by atoms with Gasteiger partial charge in [-0.3, -0.25) is 0 Å². The van der Waals surface area contributed by atoms with Gasteiger partial charge in [0.05, 0.1) is 25.3 Å². The van der Waals surface area contributed by atoms with Crippen molar-refractivity contribution in [3.63, 3.8) is 0 Å². The van der Waals surface area contributed by atoms with Crippen LogP contribution in [-0.2, 0) is 4.74 Å². The summed E-state index contributed by atoms with van der Waals surface area (Å²) in [6, 6.07) is 7.14. The number of nitriles is 1. The average Bonchev–Trinajstić information content (AvgIpc) is 2.38. The normalized spacial score (nSPS) is 9.71. The highest BCUT2D eigenvalue weighted by atomic mass is 16.5. The summed E-state index contributed by atoms with van der Waals surface area (Å²) in [6.07, 6.45) is 1.00. The van der Waals surface area contributed by atoms with Crippen molar-refractivity contribution in [2.45, 2.75) is 13.3 Å². The largest absolute Gasteiger partial charge is 0.493 e. The summed E-state index contributed by atoms with van der Waals surface area (Å²) in [7, 11) is 1.55. The van der Waals surface area contributed by atoms with Crippen LogP contribution in [0, 0.1) is 11.3 Å². The molecular formula is C13H17NO3. The number of rotatable bonds is 7. The molecule has 92 valence electrons. The molecule has 0 unspecified atom stereocenters. The zero-order valence-electron chi connectivity index (χ0n) is 10.2. The highest BCUT2D eigenvalue weighted by Gasteiger charge is 2.05. The van der Waals surface area contributed by atoms with E-state index in [4.69, 9.17) is 19.5 Å². The van der Waals surface area contributed by atoms with Gasteiger partial charge in [-0.15, -0.1) is 0 Å². The van der Waals surface area contributed by atoms with E-state index in [-0.39, 0.29) is 0 Å². The molecule has 0 saturated heterocycles. The fraction of sp³-hybridized carbons (Fsp3) is 0.462. The second kappa shape index (κ2) is 7.53. The highest BCUT2D eigenvalue weighted by molar-refractivity contribution is 5.46. The van der Waals surface area contributed by atoms with Gasteiger partial charge in [-0.25, -0.2) is 0 Å². The summed E-state index contributed by atoms with van der Waals surface area (Å²) < 4.78 is 16.0. The summed E-state index contributed by atoms with van der Waals surface area (Å²) in [5.41, 5.74) is 0.552. The van der Waals surface area contributed by atoms with E-state index in [1.807, 2.05) is 0 Å². The molecule has 0 radical (unpaired) electrons. The number of hydrogen-bond acceptors (Lipinski definition) is 4. The van der Waals surface area contributed by atoms with Gasteiger partial charge in [-0.1, -0.05) is 6.92 Å². The summed E-state index contributed by atoms with van der Waals surface area (Å²) in [6.45, 7) is 3.83. The van der Waals surface area contributed by atoms with Crippen LogP contribution in [0.4, 0.5) is 0 Å². The lowest BCUT2D eigenvalue weighted by molar-refractivity contribution is 0.0995. The number of benzene rings is 1. The van der Waals surface area contributed by atoms with Crippen LogP contribution in [0.25, 0.3) is 0 Å². The van der Waals surface area contributed by atoms with Crippen molar-refractivity contribution in [2.24, 2.45) is 0 Å². The Hall–Kier alpha value is -1.73. The Kier molecular flexibility index (Phi) is 5.91. The van der Waals surface area contributed by atoms with Gasteiger partial charge in [0, 0.05) is 12.7 Å². The molecule has 0 spiro atoms. The molecule has 1 aromatic rings. The molecule has 0 saturated carbocycles. The van der Waals surface area contributed by atoms with E-state index in [0.29, 0.717) is 30.3 Å². The molecule has 0 aromatic heterocycles. The zero-order chi connectivity index (χ0) is 12.5. The van der Waals surface area contributed by atoms with Crippen LogP contribution in [0.3, 0.4) is 0 Å². The van der Waals surface area contributed by atoms with Crippen molar-refractivity contribution in [1.29, 1.82) is 5.26 Å². The predicted molar refractivity (Wildman–Crippen MR) is 64.3 cm³/mol. The first-order chi connectivity index (χ1) is 8.31. The van der Waals surface area contributed by atoms with Crippen LogP contribution in [0.5, 0.6) is 11.5 Å². The molecule has 1 rings (SSSR count). The second-order valence-corrected chi connectivity index (χ2v) is 3.44. The van der Waals surface area contributed by atoms with E-state index < -0.39 is 0 Å². The topological polar surface area (TPSA) is 51.5 Å². The van der Waals surface area contributed by atoms with E-state index in [9.17, 15) is 0 Å². The third-order valence-electron chi connectivity index (χ3n) is 2.13. The average molecular weight is 235 g/mol. The van der Waals surface area contributed by atoms with E-state index >= 15 is 0 Å². The molecule has 0 fully saturated rings. The lowest BCUT2D eigenvalue weighted by atomic mass is 10.2. The van der Waals surface area contributed by atoms with Gasteiger partial charge in [0.2, 0.25) is 0 Å². The van der Waals surface area contributed by atoms with Crippen molar-refractivity contribution in [2.75, 3.05) is 26.9 Å². The maximum Gasteiger partial charge on any atom is 0.162 e. The molecule has 0 atom stereocenters. The Morgan fingerprint density at radius 2 is 2.00 bits per heavy atom. The van der Waals surface area contributed by atoms with E-state index in [0.717, 1.165) is 13.0 Å². The quantitative estimate of drug-likeness (QED) is 0.681. The predicted octanol–water partition coefficient (Wildman–Crippen LogP) is 2.37. The highest BCUT2D eigenvalue weighted by Crippen LogP contribution is 2.27. The first-order valence-corrected chi connectivity index (χ1v) is 5.60. The number of ether oxygens (including phenoxy) is 3. The zero-order valence-corrected chi connectivity index (χ0v) is 10.2. The SMILES string of the molecule is CCCOCCOc1ccc(C#N)cc1OC. The first kappa shape index (κ1) is 13.3. The molecule has 4 heteroatoms. The molecule has 0 heterocycles. The summed E-state index contributed by atoms with van der Waals surface area (Å²) in [5, 5.41) is 8.76. The molecule has 0 amide bonds. The van der Waals surface area contributed by atoms with Crippen molar-refractivity contribution in [3.05, 3.63) is 23.8 Å². The first-order valence-electron chi connectivity index (χ1n) is 5.60. The minimum Gasteiger partial charge on any atom is -0.493 e. The van der Waals surface area contributed by atoms with Crippen molar-refractivity contribution >= 4 is 0 Å². The Bertz CT molecular complexity index is 385. The van der Waals surface area contributed by atoms with Crippen LogP contribution in [0.2, 0.25) is 0 Å². The Labute approximate surface area is 102 Å². The molecule has 0 aliphatic rings. The summed E-state index contributed by atoms with van der Waals surface area (Å²) >= 11 is 0. The van der Waals surface area contributed by atoms with Gasteiger partial charge < -0.3 is 14.2 Å². The maximum atomic E-state index is 8.76. The van der Waals surface area contributed by atoms with E-state index in [1.54, 1.807) is 25.3 Å². The number of methoxy groups -OCH3 is 1. The minimum absolute atomic E-state index is 0.474. The minimum atomic E-state index is 0.474. The third-order valence-corrected chi connectivity index (χ3v) is 2.13. The number of hydrogen-bond donors (Lipinski definition) is 0. The maximum absolute atomic E-state index is 8.76. The standard InChI is InChI=1S/C13H17NO3/c1-3-6-16-7-8-17-12-5-4-11(10-14)9-13(12)15-2/h4-5,9H,3,6-8H2,1-2H3. The van der Waals surface area contributed by atoms with Crippen LogP contribution < -0.4 is 9.47 Å². The fourth-order valence-corrected chi connectivity index (χ4v) is 1.31. The monoisotopic (exact) mass is 235 g/mol. The van der Waals surface area contributed by atoms with Crippen LogP contribution in [0.1, 0.15) is 18.9 Å².